The van der Waals surface area contributed by atoms with Crippen molar-refractivity contribution in [3.63, 3.8) is 0 Å². The largest absolute Gasteiger partial charge is 0.345 e. The molecule has 1 amide bonds. The number of nitrogens with two attached hydrogens (primary N) is 1. The molecule has 1 fully saturated rings. The number of aromatic amines is 1. The lowest BCUT2D eigenvalue weighted by atomic mass is 9.73. The molecule has 0 saturated heterocycles. The van der Waals surface area contributed by atoms with Crippen molar-refractivity contribution < 1.29 is 4.79 Å². The molecule has 2 rings (SSSR count). The first-order valence-corrected chi connectivity index (χ1v) is 6.79. The Morgan fingerprint density at radius 3 is 3.00 bits per heavy atom. The van der Waals surface area contributed by atoms with Crippen molar-refractivity contribution in [1.29, 1.82) is 0 Å². The van der Waals surface area contributed by atoms with Crippen molar-refractivity contribution in [2.75, 3.05) is 6.54 Å². The first-order chi connectivity index (χ1) is 9.09. The quantitative estimate of drug-likeness (QED) is 0.760. The second-order valence-electron chi connectivity index (χ2n) is 5.37. The number of amides is 1. The summed E-state index contributed by atoms with van der Waals surface area (Å²) >= 11 is 0. The molecule has 2 atom stereocenters. The van der Waals surface area contributed by atoms with Gasteiger partial charge in [-0.3, -0.25) is 9.59 Å². The topological polar surface area (TPSA) is 88.0 Å². The number of hydrogen-bond donors (Lipinski definition) is 3. The van der Waals surface area contributed by atoms with Gasteiger partial charge in [0.2, 0.25) is 0 Å². The summed E-state index contributed by atoms with van der Waals surface area (Å²) in [4.78, 5) is 26.4. The van der Waals surface area contributed by atoms with Crippen molar-refractivity contribution in [3.8, 4) is 0 Å². The second-order valence-corrected chi connectivity index (χ2v) is 5.37. The third-order valence-electron chi connectivity index (χ3n) is 4.24. The minimum Gasteiger partial charge on any atom is -0.345 e. The van der Waals surface area contributed by atoms with Crippen LogP contribution in [0.2, 0.25) is 0 Å². The van der Waals surface area contributed by atoms with Crippen molar-refractivity contribution >= 4 is 5.91 Å². The Hall–Kier alpha value is -1.62. The minimum absolute atomic E-state index is 0.146. The molecule has 1 aromatic heterocycles. The molecule has 0 spiro atoms. The van der Waals surface area contributed by atoms with E-state index in [4.69, 9.17) is 5.73 Å². The average Bonchev–Trinajstić information content (AvgIpc) is 2.42. The van der Waals surface area contributed by atoms with E-state index in [-0.39, 0.29) is 22.6 Å². The Bertz CT molecular complexity index is 511. The highest BCUT2D eigenvalue weighted by molar-refractivity contribution is 5.94. The predicted molar refractivity (Wildman–Crippen MR) is 73.9 cm³/mol. The molecule has 1 aliphatic rings. The minimum atomic E-state index is -0.377. The van der Waals surface area contributed by atoms with Gasteiger partial charge in [-0.25, -0.2) is 0 Å². The molecule has 0 bridgehead atoms. The fourth-order valence-electron chi connectivity index (χ4n) is 2.85. The van der Waals surface area contributed by atoms with Crippen LogP contribution < -0.4 is 16.6 Å². The summed E-state index contributed by atoms with van der Waals surface area (Å²) in [6, 6.07) is 3.18. The number of H-pyrrole nitrogens is 1. The highest BCUT2D eigenvalue weighted by atomic mass is 16.2. The van der Waals surface area contributed by atoms with Gasteiger partial charge in [0.1, 0.15) is 5.56 Å². The Labute approximate surface area is 112 Å². The van der Waals surface area contributed by atoms with Gasteiger partial charge in [-0.1, -0.05) is 19.8 Å². The van der Waals surface area contributed by atoms with Gasteiger partial charge in [0.15, 0.2) is 0 Å². The lowest BCUT2D eigenvalue weighted by Gasteiger charge is -2.42. The van der Waals surface area contributed by atoms with E-state index >= 15 is 0 Å². The first-order valence-electron chi connectivity index (χ1n) is 6.79. The van der Waals surface area contributed by atoms with E-state index in [0.717, 1.165) is 19.3 Å². The van der Waals surface area contributed by atoms with E-state index in [1.807, 2.05) is 0 Å². The van der Waals surface area contributed by atoms with E-state index in [9.17, 15) is 9.59 Å². The summed E-state index contributed by atoms with van der Waals surface area (Å²) in [6.45, 7) is 2.52. The molecule has 4 N–H and O–H groups in total. The van der Waals surface area contributed by atoms with Crippen molar-refractivity contribution in [2.24, 2.45) is 11.7 Å². The molecule has 0 aliphatic heterocycles. The Balaban J connectivity index is 2.21. The van der Waals surface area contributed by atoms with Gasteiger partial charge in [0, 0.05) is 12.7 Å². The zero-order valence-corrected chi connectivity index (χ0v) is 11.2. The Morgan fingerprint density at radius 1 is 1.58 bits per heavy atom. The zero-order valence-electron chi connectivity index (χ0n) is 11.2. The number of hydrogen-bond acceptors (Lipinski definition) is 3. The van der Waals surface area contributed by atoms with Gasteiger partial charge in [-0.05, 0) is 30.9 Å². The van der Waals surface area contributed by atoms with E-state index in [1.165, 1.54) is 18.7 Å². The zero-order chi connectivity index (χ0) is 13.9. The third kappa shape index (κ3) is 2.71. The van der Waals surface area contributed by atoms with Crippen LogP contribution in [0.5, 0.6) is 0 Å². The van der Waals surface area contributed by atoms with Gasteiger partial charge in [0.25, 0.3) is 11.5 Å². The van der Waals surface area contributed by atoms with E-state index in [1.54, 1.807) is 6.07 Å². The molecule has 0 aromatic carbocycles. The van der Waals surface area contributed by atoms with Gasteiger partial charge in [-0.15, -0.1) is 0 Å². The second kappa shape index (κ2) is 5.57. The number of nitrogens with one attached hydrogen (secondary N) is 2. The number of pyridine rings is 1. The fourth-order valence-corrected chi connectivity index (χ4v) is 2.85. The van der Waals surface area contributed by atoms with Gasteiger partial charge in [-0.2, -0.15) is 0 Å². The molecular weight excluding hydrogens is 242 g/mol. The van der Waals surface area contributed by atoms with Crippen molar-refractivity contribution in [2.45, 2.75) is 38.1 Å². The number of aromatic nitrogens is 1. The van der Waals surface area contributed by atoms with Crippen LogP contribution in [-0.2, 0) is 0 Å². The van der Waals surface area contributed by atoms with Gasteiger partial charge >= 0.3 is 0 Å². The number of rotatable bonds is 3. The highest BCUT2D eigenvalue weighted by Gasteiger charge is 2.38. The predicted octanol–water partition coefficient (Wildman–Crippen LogP) is 1.01. The van der Waals surface area contributed by atoms with Crippen molar-refractivity contribution in [3.05, 3.63) is 34.2 Å². The summed E-state index contributed by atoms with van der Waals surface area (Å²) < 4.78 is 0. The molecule has 1 saturated carbocycles. The standard InChI is InChI=1S/C14H21N3O2/c1-10-5-2-3-7-14(10,9-15)17-13(19)11-6-4-8-16-12(11)18/h4,6,8,10H,2-3,5,7,9,15H2,1H3,(H,16,18)(H,17,19). The molecule has 2 unspecified atom stereocenters. The summed E-state index contributed by atoms with van der Waals surface area (Å²) in [7, 11) is 0. The molecular formula is C14H21N3O2. The molecule has 1 aliphatic carbocycles. The average molecular weight is 263 g/mol. The number of carbonyl (C=O) groups is 1. The van der Waals surface area contributed by atoms with Crippen molar-refractivity contribution in [1.82, 2.24) is 10.3 Å². The molecule has 5 nitrogen and oxygen atoms in total. The lowest BCUT2D eigenvalue weighted by molar-refractivity contribution is 0.0811. The van der Waals surface area contributed by atoms with Crippen LogP contribution in [0.25, 0.3) is 0 Å². The lowest BCUT2D eigenvalue weighted by Crippen LogP contribution is -2.59. The first kappa shape index (κ1) is 13.8. The molecule has 104 valence electrons. The molecule has 1 heterocycles. The van der Waals surface area contributed by atoms with Crippen LogP contribution in [-0.4, -0.2) is 23.0 Å². The SMILES string of the molecule is CC1CCCCC1(CN)NC(=O)c1ccc[nH]c1=O. The molecule has 19 heavy (non-hydrogen) atoms. The van der Waals surface area contributed by atoms with Crippen LogP contribution in [0.1, 0.15) is 43.0 Å². The van der Waals surface area contributed by atoms with Crippen LogP contribution >= 0.6 is 0 Å². The number of carbonyl (C=O) groups excluding carboxylic acids is 1. The summed E-state index contributed by atoms with van der Waals surface area (Å²) in [5.74, 6) is -0.000885. The van der Waals surface area contributed by atoms with Crippen LogP contribution in [0.4, 0.5) is 0 Å². The van der Waals surface area contributed by atoms with Crippen LogP contribution in [0, 0.1) is 5.92 Å². The maximum absolute atomic E-state index is 12.3. The monoisotopic (exact) mass is 263 g/mol. The van der Waals surface area contributed by atoms with E-state index < -0.39 is 0 Å². The molecule has 0 radical (unpaired) electrons. The smallest absolute Gasteiger partial charge is 0.260 e. The molecule has 5 heteroatoms. The maximum atomic E-state index is 12.3. The highest BCUT2D eigenvalue weighted by Crippen LogP contribution is 2.32. The van der Waals surface area contributed by atoms with Crippen LogP contribution in [0.15, 0.2) is 23.1 Å². The third-order valence-corrected chi connectivity index (χ3v) is 4.24. The molecule has 1 aromatic rings. The summed E-state index contributed by atoms with van der Waals surface area (Å²) in [5, 5.41) is 3.00. The van der Waals surface area contributed by atoms with Crippen LogP contribution in [0.3, 0.4) is 0 Å². The van der Waals surface area contributed by atoms with Gasteiger partial charge in [0.05, 0.1) is 5.54 Å². The Morgan fingerprint density at radius 2 is 2.37 bits per heavy atom. The normalized spacial score (nSPS) is 26.9. The summed E-state index contributed by atoms with van der Waals surface area (Å²) in [5.41, 5.74) is 5.30. The van der Waals surface area contributed by atoms with E-state index in [0.29, 0.717) is 12.5 Å². The van der Waals surface area contributed by atoms with E-state index in [2.05, 4.69) is 17.2 Å². The maximum Gasteiger partial charge on any atom is 0.260 e. The Kier molecular flexibility index (Phi) is 4.04. The van der Waals surface area contributed by atoms with Gasteiger partial charge < -0.3 is 16.0 Å². The fraction of sp³-hybridized carbons (Fsp3) is 0.571. The summed E-state index contributed by atoms with van der Waals surface area (Å²) in [6.07, 6.45) is 5.68.